The van der Waals surface area contributed by atoms with E-state index in [1.54, 1.807) is 4.90 Å². The minimum atomic E-state index is -0.487. The summed E-state index contributed by atoms with van der Waals surface area (Å²) in [4.78, 5) is 29.1. The molecule has 0 aromatic carbocycles. The van der Waals surface area contributed by atoms with Crippen molar-refractivity contribution in [3.8, 4) is 0 Å². The molecule has 5 heteroatoms. The molecule has 0 bridgehead atoms. The number of carbonyl (C=O) groups excluding carboxylic acids is 2. The molecule has 124 valence electrons. The predicted molar refractivity (Wildman–Crippen MR) is 83.4 cm³/mol. The number of fused-ring (bicyclic) bond motifs is 1. The average Bonchev–Trinajstić information content (AvgIpc) is 2.70. The first-order valence-corrected chi connectivity index (χ1v) is 8.60. The zero-order valence-corrected chi connectivity index (χ0v) is 14.1. The molecule has 3 rings (SSSR count). The molecule has 0 radical (unpaired) electrons. The highest BCUT2D eigenvalue weighted by Gasteiger charge is 2.54. The second-order valence-electron chi connectivity index (χ2n) is 8.14. The van der Waals surface area contributed by atoms with Crippen molar-refractivity contribution in [1.29, 1.82) is 0 Å². The molecule has 0 aromatic rings. The van der Waals surface area contributed by atoms with Crippen LogP contribution in [-0.4, -0.2) is 53.1 Å². The molecule has 2 amide bonds. The van der Waals surface area contributed by atoms with E-state index in [0.29, 0.717) is 19.1 Å². The molecule has 0 aliphatic carbocycles. The zero-order chi connectivity index (χ0) is 16.0. The smallest absolute Gasteiger partial charge is 0.410 e. The van der Waals surface area contributed by atoms with Crippen molar-refractivity contribution in [3.05, 3.63) is 0 Å². The van der Waals surface area contributed by atoms with Gasteiger partial charge in [0.1, 0.15) is 5.60 Å². The SMILES string of the molecule is CC(C)(C)OC(=O)N1CCCC2(CC3CCCCN3C2=O)C1. The van der Waals surface area contributed by atoms with Gasteiger partial charge in [-0.1, -0.05) is 0 Å². The van der Waals surface area contributed by atoms with Gasteiger partial charge in [0.25, 0.3) is 0 Å². The molecular weight excluding hydrogens is 280 g/mol. The summed E-state index contributed by atoms with van der Waals surface area (Å²) in [5.74, 6) is 0.283. The van der Waals surface area contributed by atoms with Crippen LogP contribution in [0.3, 0.4) is 0 Å². The molecule has 3 saturated heterocycles. The summed E-state index contributed by atoms with van der Waals surface area (Å²) in [7, 11) is 0. The van der Waals surface area contributed by atoms with Crippen LogP contribution in [0, 0.1) is 5.41 Å². The Kier molecular flexibility index (Phi) is 3.86. The number of piperidine rings is 2. The highest BCUT2D eigenvalue weighted by molar-refractivity contribution is 5.86. The fourth-order valence-corrected chi connectivity index (χ4v) is 4.28. The summed E-state index contributed by atoms with van der Waals surface area (Å²) in [6, 6.07) is 0.403. The van der Waals surface area contributed by atoms with Crippen LogP contribution in [0.2, 0.25) is 0 Å². The van der Waals surface area contributed by atoms with Gasteiger partial charge in [-0.3, -0.25) is 4.79 Å². The Hall–Kier alpha value is -1.26. The highest BCUT2D eigenvalue weighted by Crippen LogP contribution is 2.45. The molecule has 2 atom stereocenters. The van der Waals surface area contributed by atoms with E-state index in [4.69, 9.17) is 4.74 Å². The van der Waals surface area contributed by atoms with E-state index in [1.807, 2.05) is 20.8 Å². The summed E-state index contributed by atoms with van der Waals surface area (Å²) in [5.41, 5.74) is -0.830. The lowest BCUT2D eigenvalue weighted by molar-refractivity contribution is -0.139. The first-order chi connectivity index (χ1) is 10.3. The summed E-state index contributed by atoms with van der Waals surface area (Å²) in [5, 5.41) is 0. The van der Waals surface area contributed by atoms with Gasteiger partial charge in [-0.25, -0.2) is 4.79 Å². The van der Waals surface area contributed by atoms with Crippen molar-refractivity contribution >= 4 is 12.0 Å². The van der Waals surface area contributed by atoms with Crippen LogP contribution >= 0.6 is 0 Å². The third-order valence-electron chi connectivity index (χ3n) is 5.20. The van der Waals surface area contributed by atoms with E-state index in [1.165, 1.54) is 6.42 Å². The molecule has 1 spiro atoms. The van der Waals surface area contributed by atoms with Crippen molar-refractivity contribution < 1.29 is 14.3 Å². The van der Waals surface area contributed by atoms with Crippen molar-refractivity contribution in [1.82, 2.24) is 9.80 Å². The normalized spacial score (nSPS) is 32.3. The Bertz CT molecular complexity index is 471. The van der Waals surface area contributed by atoms with Gasteiger partial charge in [-0.2, -0.15) is 0 Å². The molecule has 22 heavy (non-hydrogen) atoms. The van der Waals surface area contributed by atoms with E-state index in [-0.39, 0.29) is 17.4 Å². The predicted octanol–water partition coefficient (Wildman–Crippen LogP) is 2.79. The van der Waals surface area contributed by atoms with Crippen LogP contribution in [0.25, 0.3) is 0 Å². The molecule has 0 N–H and O–H groups in total. The maximum absolute atomic E-state index is 12.9. The fraction of sp³-hybridized carbons (Fsp3) is 0.882. The van der Waals surface area contributed by atoms with E-state index in [0.717, 1.165) is 38.6 Å². The van der Waals surface area contributed by atoms with Gasteiger partial charge in [0.2, 0.25) is 5.91 Å². The summed E-state index contributed by atoms with van der Waals surface area (Å²) < 4.78 is 5.50. The van der Waals surface area contributed by atoms with Gasteiger partial charge in [0.05, 0.1) is 5.41 Å². The maximum atomic E-state index is 12.9. The number of nitrogens with zero attached hydrogens (tertiary/aromatic N) is 2. The van der Waals surface area contributed by atoms with Gasteiger partial charge in [0, 0.05) is 25.7 Å². The molecule has 0 aromatic heterocycles. The fourth-order valence-electron chi connectivity index (χ4n) is 4.28. The largest absolute Gasteiger partial charge is 0.444 e. The third kappa shape index (κ3) is 2.82. The van der Waals surface area contributed by atoms with Crippen LogP contribution in [-0.2, 0) is 9.53 Å². The van der Waals surface area contributed by atoms with E-state index in [9.17, 15) is 9.59 Å². The molecule has 3 fully saturated rings. The highest BCUT2D eigenvalue weighted by atomic mass is 16.6. The van der Waals surface area contributed by atoms with Gasteiger partial charge in [0.15, 0.2) is 0 Å². The summed E-state index contributed by atoms with van der Waals surface area (Å²) in [6.07, 6.45) is 5.92. The first kappa shape index (κ1) is 15.6. The van der Waals surface area contributed by atoms with Gasteiger partial charge in [-0.05, 0) is 59.3 Å². The third-order valence-corrected chi connectivity index (χ3v) is 5.20. The second-order valence-corrected chi connectivity index (χ2v) is 8.14. The van der Waals surface area contributed by atoms with Crippen LogP contribution in [0.1, 0.15) is 59.3 Å². The number of hydrogen-bond acceptors (Lipinski definition) is 3. The lowest BCUT2D eigenvalue weighted by atomic mass is 9.77. The van der Waals surface area contributed by atoms with Gasteiger partial charge in [-0.15, -0.1) is 0 Å². The Balaban J connectivity index is 1.72. The van der Waals surface area contributed by atoms with Crippen LogP contribution < -0.4 is 0 Å². The second kappa shape index (κ2) is 5.43. The lowest BCUT2D eigenvalue weighted by Crippen LogP contribution is -2.51. The Morgan fingerprint density at radius 2 is 2.00 bits per heavy atom. The number of hydrogen-bond donors (Lipinski definition) is 0. The van der Waals surface area contributed by atoms with Crippen molar-refractivity contribution in [2.24, 2.45) is 5.41 Å². The Morgan fingerprint density at radius 3 is 2.68 bits per heavy atom. The first-order valence-electron chi connectivity index (χ1n) is 8.60. The minimum absolute atomic E-state index is 0.274. The summed E-state index contributed by atoms with van der Waals surface area (Å²) >= 11 is 0. The summed E-state index contributed by atoms with van der Waals surface area (Å²) in [6.45, 7) is 7.78. The van der Waals surface area contributed by atoms with Crippen LogP contribution in [0.4, 0.5) is 4.79 Å². The topological polar surface area (TPSA) is 49.9 Å². The minimum Gasteiger partial charge on any atom is -0.444 e. The van der Waals surface area contributed by atoms with Crippen molar-refractivity contribution in [3.63, 3.8) is 0 Å². The van der Waals surface area contributed by atoms with E-state index < -0.39 is 5.60 Å². The lowest BCUT2D eigenvalue weighted by Gasteiger charge is -2.39. The number of rotatable bonds is 0. The maximum Gasteiger partial charge on any atom is 0.410 e. The standard InChI is InChI=1S/C17H28N2O3/c1-16(2,3)22-15(21)18-9-6-8-17(12-18)11-13-7-4-5-10-19(13)14(17)20/h13H,4-12H2,1-3H3. The van der Waals surface area contributed by atoms with E-state index >= 15 is 0 Å². The molecule has 2 unspecified atom stereocenters. The van der Waals surface area contributed by atoms with Crippen molar-refractivity contribution in [2.75, 3.05) is 19.6 Å². The van der Waals surface area contributed by atoms with E-state index in [2.05, 4.69) is 4.90 Å². The zero-order valence-electron chi connectivity index (χ0n) is 14.1. The molecule has 3 heterocycles. The molecule has 3 aliphatic heterocycles. The van der Waals surface area contributed by atoms with Crippen molar-refractivity contribution in [2.45, 2.75) is 70.9 Å². The molecular formula is C17H28N2O3. The van der Waals surface area contributed by atoms with Crippen LogP contribution in [0.15, 0.2) is 0 Å². The number of ether oxygens (including phenoxy) is 1. The number of carbonyl (C=O) groups is 2. The van der Waals surface area contributed by atoms with Gasteiger partial charge < -0.3 is 14.5 Å². The molecule has 0 saturated carbocycles. The monoisotopic (exact) mass is 308 g/mol. The Labute approximate surface area is 133 Å². The Morgan fingerprint density at radius 1 is 1.23 bits per heavy atom. The van der Waals surface area contributed by atoms with Crippen LogP contribution in [0.5, 0.6) is 0 Å². The molecule has 3 aliphatic rings. The number of likely N-dealkylation sites (tertiary alicyclic amines) is 1. The molecule has 5 nitrogen and oxygen atoms in total. The quantitative estimate of drug-likeness (QED) is 0.691. The number of amides is 2. The van der Waals surface area contributed by atoms with Gasteiger partial charge >= 0.3 is 6.09 Å². The average molecular weight is 308 g/mol.